The van der Waals surface area contributed by atoms with Gasteiger partial charge in [0.05, 0.1) is 45.4 Å². The van der Waals surface area contributed by atoms with Gasteiger partial charge in [-0.05, 0) is 12.8 Å². The van der Waals surface area contributed by atoms with Crippen LogP contribution in [-0.4, -0.2) is 75.0 Å². The van der Waals surface area contributed by atoms with Crippen LogP contribution < -0.4 is 6.15 Å². The smallest absolute Gasteiger partial charge is 0.315 e. The van der Waals surface area contributed by atoms with Crippen LogP contribution in [0.1, 0.15) is 32.1 Å². The molecule has 1 rings (SSSR count). The van der Waals surface area contributed by atoms with E-state index in [1.807, 2.05) is 0 Å². The van der Waals surface area contributed by atoms with Crippen molar-refractivity contribution in [2.24, 2.45) is 5.41 Å². The summed E-state index contributed by atoms with van der Waals surface area (Å²) in [4.78, 5) is 44.1. The number of hydrogen-bond acceptors (Lipinski definition) is 5. The highest BCUT2D eigenvalue weighted by Crippen LogP contribution is 2.48. The molecule has 24 heavy (non-hydrogen) atoms. The van der Waals surface area contributed by atoms with Gasteiger partial charge in [0.1, 0.15) is 5.41 Å². The number of quaternary nitrogens is 1. The lowest BCUT2D eigenvalue weighted by Crippen LogP contribution is -2.55. The molecule has 138 valence electrons. The molecule has 0 aromatic heterocycles. The molecule has 0 amide bonds. The van der Waals surface area contributed by atoms with Gasteiger partial charge in [0, 0.05) is 0 Å². The molecule has 0 bridgehead atoms. The molecule has 10 nitrogen and oxygen atoms in total. The second kappa shape index (κ2) is 8.60. The zero-order valence-electron chi connectivity index (χ0n) is 13.4. The number of nitrogens with zero attached hydrogens (tertiary/aromatic N) is 1. The summed E-state index contributed by atoms with van der Waals surface area (Å²) in [5, 5.41) is 36.0. The Morgan fingerprint density at radius 2 is 1.08 bits per heavy atom. The molecular weight excluding hydrogens is 324 g/mol. The van der Waals surface area contributed by atoms with Crippen molar-refractivity contribution >= 4 is 23.9 Å². The highest BCUT2D eigenvalue weighted by atomic mass is 16.4. The predicted molar refractivity (Wildman–Crippen MR) is 80.8 cm³/mol. The number of carboxylic acids is 4. The Bertz CT molecular complexity index is 455. The van der Waals surface area contributed by atoms with Crippen molar-refractivity contribution < 1.29 is 44.1 Å². The van der Waals surface area contributed by atoms with Gasteiger partial charge in [0.2, 0.25) is 0 Å². The maximum absolute atomic E-state index is 11.4. The molecule has 0 saturated heterocycles. The standard InChI is InChI=1S/C14H21NO8.H3N/c16-10(17)1-6-15(7-2-11(18)19,8-3-12(20)21)9-14(4-5-14)13(22)23;/h1-9H2,(H3-,16,17,18,19,20,21,22,23);1H3/p+1. The van der Waals surface area contributed by atoms with Crippen LogP contribution in [0.25, 0.3) is 0 Å². The lowest BCUT2D eigenvalue weighted by atomic mass is 10.0. The summed E-state index contributed by atoms with van der Waals surface area (Å²) in [6.07, 6.45) is 0.0733. The molecule has 0 spiro atoms. The molecule has 0 aromatic carbocycles. The summed E-state index contributed by atoms with van der Waals surface area (Å²) < 4.78 is -0.114. The fourth-order valence-corrected chi connectivity index (χ4v) is 2.80. The second-order valence-electron chi connectivity index (χ2n) is 6.19. The SMILES string of the molecule is N.O=C(O)CC[N+](CCC(=O)O)(CCC(=O)O)CC1(C(=O)O)CC1. The molecule has 0 atom stereocenters. The number of carbonyl (C=O) groups is 4. The van der Waals surface area contributed by atoms with Crippen molar-refractivity contribution in [2.75, 3.05) is 26.2 Å². The molecule has 0 aromatic rings. The topological polar surface area (TPSA) is 184 Å². The number of aliphatic carboxylic acids is 4. The van der Waals surface area contributed by atoms with E-state index in [9.17, 15) is 24.3 Å². The van der Waals surface area contributed by atoms with E-state index in [2.05, 4.69) is 0 Å². The van der Waals surface area contributed by atoms with Crippen molar-refractivity contribution in [3.8, 4) is 0 Å². The van der Waals surface area contributed by atoms with Gasteiger partial charge < -0.3 is 31.1 Å². The minimum Gasteiger partial charge on any atom is -0.481 e. The second-order valence-corrected chi connectivity index (χ2v) is 6.19. The van der Waals surface area contributed by atoms with Crippen molar-refractivity contribution in [3.05, 3.63) is 0 Å². The minimum atomic E-state index is -1.08. The molecule has 0 aliphatic heterocycles. The van der Waals surface area contributed by atoms with Gasteiger partial charge in [-0.3, -0.25) is 19.2 Å². The van der Waals surface area contributed by atoms with Crippen molar-refractivity contribution in [3.63, 3.8) is 0 Å². The first-order valence-electron chi connectivity index (χ1n) is 7.35. The summed E-state index contributed by atoms with van der Waals surface area (Å²) in [6.45, 7) is 0.122. The Balaban J connectivity index is 0.00000529. The van der Waals surface area contributed by atoms with Gasteiger partial charge >= 0.3 is 23.9 Å². The Morgan fingerprint density at radius 1 is 0.750 bits per heavy atom. The van der Waals surface area contributed by atoms with E-state index in [0.717, 1.165) is 0 Å². The Morgan fingerprint density at radius 3 is 1.29 bits per heavy atom. The fourth-order valence-electron chi connectivity index (χ4n) is 2.80. The zero-order chi connectivity index (χ0) is 17.7. The predicted octanol–water partition coefficient (Wildman–Crippen LogP) is 0.254. The Hall–Kier alpha value is -2.20. The third-order valence-corrected chi connectivity index (χ3v) is 4.35. The molecule has 1 saturated carbocycles. The largest absolute Gasteiger partial charge is 0.481 e. The minimum absolute atomic E-state index is 0. The van der Waals surface area contributed by atoms with Gasteiger partial charge in [-0.2, -0.15) is 0 Å². The molecule has 1 fully saturated rings. The molecule has 0 heterocycles. The van der Waals surface area contributed by atoms with E-state index in [0.29, 0.717) is 12.8 Å². The van der Waals surface area contributed by atoms with Crippen LogP contribution in [0.4, 0.5) is 0 Å². The van der Waals surface area contributed by atoms with Gasteiger partial charge in [0.15, 0.2) is 0 Å². The summed E-state index contributed by atoms with van der Waals surface area (Å²) in [7, 11) is 0. The van der Waals surface area contributed by atoms with E-state index in [1.165, 1.54) is 0 Å². The first-order valence-corrected chi connectivity index (χ1v) is 7.35. The van der Waals surface area contributed by atoms with E-state index >= 15 is 0 Å². The fraction of sp³-hybridized carbons (Fsp3) is 0.714. The van der Waals surface area contributed by atoms with Crippen molar-refractivity contribution in [1.29, 1.82) is 0 Å². The highest BCUT2D eigenvalue weighted by Gasteiger charge is 2.56. The van der Waals surface area contributed by atoms with Crippen LogP contribution in [0.3, 0.4) is 0 Å². The van der Waals surface area contributed by atoms with E-state index < -0.39 is 29.3 Å². The van der Waals surface area contributed by atoms with E-state index in [1.54, 1.807) is 0 Å². The number of rotatable bonds is 12. The molecule has 1 aliphatic rings. The molecule has 10 heteroatoms. The maximum atomic E-state index is 11.4. The molecule has 0 unspecified atom stereocenters. The monoisotopic (exact) mass is 349 g/mol. The quantitative estimate of drug-likeness (QED) is 0.308. The Labute approximate surface area is 138 Å². The average molecular weight is 349 g/mol. The first kappa shape index (κ1) is 21.8. The normalized spacial score (nSPS) is 15.2. The summed E-state index contributed by atoms with van der Waals surface area (Å²) in [6, 6.07) is 0. The van der Waals surface area contributed by atoms with Gasteiger partial charge in [-0.25, -0.2) is 0 Å². The van der Waals surface area contributed by atoms with Crippen LogP contribution in [0.2, 0.25) is 0 Å². The zero-order valence-corrected chi connectivity index (χ0v) is 13.4. The third-order valence-electron chi connectivity index (χ3n) is 4.35. The number of hydrogen-bond donors (Lipinski definition) is 5. The summed E-state index contributed by atoms with van der Waals surface area (Å²) >= 11 is 0. The third kappa shape index (κ3) is 6.50. The summed E-state index contributed by atoms with van der Waals surface area (Å²) in [5.74, 6) is -4.25. The molecule has 0 radical (unpaired) electrons. The molecular formula is C14H25N2O8+. The van der Waals surface area contributed by atoms with Gasteiger partial charge in [-0.1, -0.05) is 0 Å². The van der Waals surface area contributed by atoms with Crippen molar-refractivity contribution in [2.45, 2.75) is 32.1 Å². The van der Waals surface area contributed by atoms with E-state index in [-0.39, 0.29) is 56.1 Å². The first-order chi connectivity index (χ1) is 10.6. The lowest BCUT2D eigenvalue weighted by Gasteiger charge is -2.40. The van der Waals surface area contributed by atoms with Crippen LogP contribution >= 0.6 is 0 Å². The molecule has 7 N–H and O–H groups in total. The van der Waals surface area contributed by atoms with Crippen LogP contribution in [0, 0.1) is 5.41 Å². The van der Waals surface area contributed by atoms with Gasteiger partial charge in [-0.15, -0.1) is 0 Å². The van der Waals surface area contributed by atoms with E-state index in [4.69, 9.17) is 15.3 Å². The number of carboxylic acid groups (broad SMARTS) is 4. The highest BCUT2D eigenvalue weighted by molar-refractivity contribution is 5.78. The van der Waals surface area contributed by atoms with Crippen LogP contribution in [-0.2, 0) is 19.2 Å². The van der Waals surface area contributed by atoms with Crippen molar-refractivity contribution in [1.82, 2.24) is 6.15 Å². The Kier molecular flexibility index (Phi) is 7.81. The maximum Gasteiger partial charge on any atom is 0.315 e. The van der Waals surface area contributed by atoms with Gasteiger partial charge in [0.25, 0.3) is 0 Å². The van der Waals surface area contributed by atoms with Crippen LogP contribution in [0.15, 0.2) is 0 Å². The average Bonchev–Trinajstić information content (AvgIpc) is 3.21. The summed E-state index contributed by atoms with van der Waals surface area (Å²) in [5.41, 5.74) is -0.991. The van der Waals surface area contributed by atoms with Crippen LogP contribution in [0.5, 0.6) is 0 Å². The lowest BCUT2D eigenvalue weighted by molar-refractivity contribution is -0.930. The molecule has 1 aliphatic carbocycles.